The first-order valence-electron chi connectivity index (χ1n) is 6.25. The van der Waals surface area contributed by atoms with Crippen LogP contribution in [0.15, 0.2) is 27.6 Å². The van der Waals surface area contributed by atoms with Gasteiger partial charge in [-0.25, -0.2) is 4.79 Å². The smallest absolute Gasteiger partial charge is 0.339 e. The van der Waals surface area contributed by atoms with Crippen LogP contribution in [0.4, 0.5) is 0 Å². The summed E-state index contributed by atoms with van der Waals surface area (Å²) < 4.78 is 6.48. The molecule has 0 aliphatic heterocycles. The predicted molar refractivity (Wildman–Crippen MR) is 78.2 cm³/mol. The molecule has 0 spiro atoms. The second kappa shape index (κ2) is 6.11. The van der Waals surface area contributed by atoms with Crippen LogP contribution in [0.5, 0.6) is 0 Å². The summed E-state index contributed by atoms with van der Waals surface area (Å²) in [5.74, 6) is 0.392. The van der Waals surface area contributed by atoms with Gasteiger partial charge < -0.3 is 4.74 Å². The zero-order valence-corrected chi connectivity index (χ0v) is 12.8. The molecule has 0 heterocycles. The van der Waals surface area contributed by atoms with Crippen LogP contribution < -0.4 is 0 Å². The van der Waals surface area contributed by atoms with Crippen LogP contribution in [-0.4, -0.2) is 12.1 Å². The molecule has 1 fully saturated rings. The van der Waals surface area contributed by atoms with Crippen LogP contribution in [0.3, 0.4) is 0 Å². The molecule has 2 nitrogen and oxygen atoms in total. The highest BCUT2D eigenvalue weighted by atomic mass is 79.9. The van der Waals surface area contributed by atoms with Crippen molar-refractivity contribution in [1.82, 2.24) is 0 Å². The lowest BCUT2D eigenvalue weighted by molar-refractivity contribution is 0.0151. The van der Waals surface area contributed by atoms with Gasteiger partial charge in [-0.05, 0) is 43.4 Å². The van der Waals surface area contributed by atoms with Crippen molar-refractivity contribution >= 4 is 34.5 Å². The summed E-state index contributed by atoms with van der Waals surface area (Å²) in [6.07, 6.45) is 4.41. The summed E-state index contributed by atoms with van der Waals surface area (Å²) >= 11 is 7.66. The van der Waals surface area contributed by atoms with E-state index in [1.54, 1.807) is 6.07 Å². The summed E-state index contributed by atoms with van der Waals surface area (Å²) in [7, 11) is 0. The number of rotatable bonds is 2. The summed E-state index contributed by atoms with van der Waals surface area (Å²) in [5.41, 5.74) is 0.541. The molecule has 2 rings (SSSR count). The van der Waals surface area contributed by atoms with Crippen molar-refractivity contribution in [2.75, 3.05) is 0 Å². The number of hydrogen-bond donors (Lipinski definition) is 1. The van der Waals surface area contributed by atoms with Crippen LogP contribution in [-0.2, 0) is 4.74 Å². The maximum atomic E-state index is 12.1. The van der Waals surface area contributed by atoms with Crippen molar-refractivity contribution in [3.63, 3.8) is 0 Å². The molecule has 1 aromatic carbocycles. The third kappa shape index (κ3) is 3.51. The van der Waals surface area contributed by atoms with E-state index in [2.05, 4.69) is 35.5 Å². The minimum Gasteiger partial charge on any atom is -0.459 e. The Bertz CT molecular complexity index is 447. The van der Waals surface area contributed by atoms with Crippen molar-refractivity contribution in [1.29, 1.82) is 0 Å². The fourth-order valence-electron chi connectivity index (χ4n) is 2.38. The third-order valence-corrected chi connectivity index (χ3v) is 4.20. The van der Waals surface area contributed by atoms with E-state index in [1.165, 1.54) is 6.42 Å². The van der Waals surface area contributed by atoms with Crippen molar-refractivity contribution in [2.24, 2.45) is 5.92 Å². The third-order valence-electron chi connectivity index (χ3n) is 3.34. The Morgan fingerprint density at radius 1 is 1.44 bits per heavy atom. The Morgan fingerprint density at radius 2 is 2.22 bits per heavy atom. The van der Waals surface area contributed by atoms with Crippen LogP contribution in [0.2, 0.25) is 0 Å². The molecule has 2 atom stereocenters. The number of benzene rings is 1. The molecule has 1 aliphatic rings. The molecular formula is C14H17BrO2S. The molecule has 0 amide bonds. The van der Waals surface area contributed by atoms with E-state index in [9.17, 15) is 4.79 Å². The van der Waals surface area contributed by atoms with Gasteiger partial charge >= 0.3 is 5.97 Å². The molecule has 0 N–H and O–H groups in total. The lowest BCUT2D eigenvalue weighted by Gasteiger charge is -2.26. The van der Waals surface area contributed by atoms with Gasteiger partial charge in [0.2, 0.25) is 0 Å². The predicted octanol–water partition coefficient (Wildman–Crippen LogP) is 4.47. The van der Waals surface area contributed by atoms with Gasteiger partial charge in [-0.2, -0.15) is 0 Å². The Kier molecular flexibility index (Phi) is 4.73. The Hall–Kier alpha value is -0.480. The topological polar surface area (TPSA) is 26.3 Å². The highest BCUT2D eigenvalue weighted by Crippen LogP contribution is 2.27. The molecule has 0 bridgehead atoms. The monoisotopic (exact) mass is 328 g/mol. The number of carbonyl (C=O) groups excluding carboxylic acids is 1. The summed E-state index contributed by atoms with van der Waals surface area (Å²) in [6.45, 7) is 2.21. The molecule has 1 aromatic rings. The summed E-state index contributed by atoms with van der Waals surface area (Å²) in [4.78, 5) is 12.7. The SMILES string of the molecule is CC1CCCC(OC(=O)c2ccc(Br)cc2S)C1. The van der Waals surface area contributed by atoms with Gasteiger partial charge in [-0.1, -0.05) is 29.3 Å². The molecule has 2 unspecified atom stereocenters. The van der Waals surface area contributed by atoms with Crippen molar-refractivity contribution < 1.29 is 9.53 Å². The van der Waals surface area contributed by atoms with Gasteiger partial charge in [-0.3, -0.25) is 0 Å². The maximum absolute atomic E-state index is 12.1. The van der Waals surface area contributed by atoms with Crippen molar-refractivity contribution in [2.45, 2.75) is 43.6 Å². The summed E-state index contributed by atoms with van der Waals surface area (Å²) in [6, 6.07) is 5.39. The number of hydrogen-bond acceptors (Lipinski definition) is 3. The van der Waals surface area contributed by atoms with E-state index < -0.39 is 0 Å². The van der Waals surface area contributed by atoms with Crippen LogP contribution in [0.1, 0.15) is 43.0 Å². The maximum Gasteiger partial charge on any atom is 0.339 e. The van der Waals surface area contributed by atoms with Crippen LogP contribution in [0, 0.1) is 5.92 Å². The first-order valence-corrected chi connectivity index (χ1v) is 7.50. The number of esters is 1. The average molecular weight is 329 g/mol. The van der Waals surface area contributed by atoms with E-state index >= 15 is 0 Å². The molecule has 4 heteroatoms. The lowest BCUT2D eigenvalue weighted by Crippen LogP contribution is -2.24. The van der Waals surface area contributed by atoms with Crippen molar-refractivity contribution in [3.8, 4) is 0 Å². The molecule has 0 aromatic heterocycles. The van der Waals surface area contributed by atoms with Gasteiger partial charge in [0.25, 0.3) is 0 Å². The van der Waals surface area contributed by atoms with E-state index in [0.717, 1.165) is 23.7 Å². The number of halogens is 1. The molecule has 0 saturated heterocycles. The average Bonchev–Trinajstić information content (AvgIpc) is 2.28. The fraction of sp³-hybridized carbons (Fsp3) is 0.500. The van der Waals surface area contributed by atoms with E-state index in [1.807, 2.05) is 12.1 Å². The minimum atomic E-state index is -0.258. The molecule has 0 radical (unpaired) electrons. The fourth-order valence-corrected chi connectivity index (χ4v) is 3.22. The largest absolute Gasteiger partial charge is 0.459 e. The zero-order valence-electron chi connectivity index (χ0n) is 10.4. The second-order valence-electron chi connectivity index (χ2n) is 4.96. The first-order chi connectivity index (χ1) is 8.56. The van der Waals surface area contributed by atoms with Crippen molar-refractivity contribution in [3.05, 3.63) is 28.2 Å². The van der Waals surface area contributed by atoms with Gasteiger partial charge in [0.1, 0.15) is 6.10 Å². The molecular weight excluding hydrogens is 312 g/mol. The highest BCUT2D eigenvalue weighted by Gasteiger charge is 2.23. The molecule has 98 valence electrons. The van der Waals surface area contributed by atoms with E-state index in [-0.39, 0.29) is 12.1 Å². The first kappa shape index (κ1) is 13.9. The zero-order chi connectivity index (χ0) is 13.1. The van der Waals surface area contributed by atoms with Gasteiger partial charge in [0.15, 0.2) is 0 Å². The quantitative estimate of drug-likeness (QED) is 0.640. The van der Waals surface area contributed by atoms with Gasteiger partial charge in [0, 0.05) is 9.37 Å². The minimum absolute atomic E-state index is 0.0673. The molecule has 1 aliphatic carbocycles. The van der Waals surface area contributed by atoms with Crippen LogP contribution >= 0.6 is 28.6 Å². The Morgan fingerprint density at radius 3 is 2.89 bits per heavy atom. The number of carbonyl (C=O) groups is 1. The van der Waals surface area contributed by atoms with E-state index in [4.69, 9.17) is 4.74 Å². The summed E-state index contributed by atoms with van der Waals surface area (Å²) in [5, 5.41) is 0. The standard InChI is InChI=1S/C14H17BrO2S/c1-9-3-2-4-11(7-9)17-14(16)12-6-5-10(15)8-13(12)18/h5-6,8-9,11,18H,2-4,7H2,1H3. The molecule has 1 saturated carbocycles. The normalized spacial score (nSPS) is 23.7. The van der Waals surface area contributed by atoms with Crippen LogP contribution in [0.25, 0.3) is 0 Å². The number of ether oxygens (including phenoxy) is 1. The van der Waals surface area contributed by atoms with Gasteiger partial charge in [-0.15, -0.1) is 12.6 Å². The van der Waals surface area contributed by atoms with Gasteiger partial charge in [0.05, 0.1) is 5.56 Å². The Labute approximate surface area is 122 Å². The molecule has 18 heavy (non-hydrogen) atoms. The second-order valence-corrected chi connectivity index (χ2v) is 6.36. The van der Waals surface area contributed by atoms with E-state index in [0.29, 0.717) is 16.4 Å². The lowest BCUT2D eigenvalue weighted by atomic mass is 9.89. The Balaban J connectivity index is 2.03. The number of thiol groups is 1. The highest BCUT2D eigenvalue weighted by molar-refractivity contribution is 9.10.